The van der Waals surface area contributed by atoms with Crippen LogP contribution < -0.4 is 25.8 Å². The van der Waals surface area contributed by atoms with E-state index in [-0.39, 0.29) is 18.4 Å². The number of thioether (sulfide) groups is 1. The quantitative estimate of drug-likeness (QED) is 0.399. The van der Waals surface area contributed by atoms with Gasteiger partial charge in [0.1, 0.15) is 11.5 Å². The first-order valence-corrected chi connectivity index (χ1v) is 11.3. The van der Waals surface area contributed by atoms with Crippen LogP contribution in [0.5, 0.6) is 11.5 Å². The number of halogens is 1. The normalized spacial score (nSPS) is 20.1. The largest absolute Gasteiger partial charge is 0.454 e. The molecule has 3 aliphatic rings. The van der Waals surface area contributed by atoms with Gasteiger partial charge in [-0.1, -0.05) is 32.5 Å². The molecule has 3 heterocycles. The van der Waals surface area contributed by atoms with Crippen LogP contribution in [0.15, 0.2) is 38.5 Å². The highest BCUT2D eigenvalue weighted by Gasteiger charge is 2.35. The minimum absolute atomic E-state index is 0.193. The van der Waals surface area contributed by atoms with Gasteiger partial charge in [0.15, 0.2) is 22.8 Å². The van der Waals surface area contributed by atoms with Crippen molar-refractivity contribution in [2.45, 2.75) is 31.8 Å². The first kappa shape index (κ1) is 20.6. The zero-order valence-corrected chi connectivity index (χ0v) is 19.6. The van der Waals surface area contributed by atoms with E-state index in [4.69, 9.17) is 20.2 Å². The lowest BCUT2D eigenvalue weighted by molar-refractivity contribution is 0.174. The molecule has 29 heavy (non-hydrogen) atoms. The fourth-order valence-electron chi connectivity index (χ4n) is 3.12. The number of nitrogens with one attached hydrogen (secondary N) is 2. The van der Waals surface area contributed by atoms with Crippen molar-refractivity contribution in [1.82, 2.24) is 15.5 Å². The molecule has 0 saturated carbocycles. The average molecular weight is 528 g/mol. The molecular weight excluding hydrogens is 503 g/mol. The molecule has 0 saturated heterocycles. The van der Waals surface area contributed by atoms with Crippen molar-refractivity contribution < 1.29 is 9.47 Å². The van der Waals surface area contributed by atoms with Gasteiger partial charge in [-0.05, 0) is 40.1 Å². The number of nitrogens with zero attached hydrogens (tertiary/aromatic N) is 3. The Hall–Kier alpha value is -1.66. The van der Waals surface area contributed by atoms with Crippen molar-refractivity contribution >= 4 is 45.9 Å². The summed E-state index contributed by atoms with van der Waals surface area (Å²) >= 11 is 3.91. The summed E-state index contributed by atoms with van der Waals surface area (Å²) in [6.45, 7) is 9.48. The Balaban J connectivity index is 1.54. The fraction of sp³-hybridized carbons (Fsp3) is 0.474. The van der Waals surface area contributed by atoms with E-state index in [1.165, 1.54) is 0 Å². The van der Waals surface area contributed by atoms with Gasteiger partial charge in [-0.2, -0.15) is 0 Å². The van der Waals surface area contributed by atoms with E-state index in [1.807, 2.05) is 12.1 Å². The highest BCUT2D eigenvalue weighted by Crippen LogP contribution is 2.41. The maximum absolute atomic E-state index is 6.13. The summed E-state index contributed by atoms with van der Waals surface area (Å²) in [6.07, 6.45) is 1.45. The molecule has 156 valence electrons. The SMILES string of the molecule is CC(C)(C)CNCCN1C(Sc2cc3c(cc2I)OCO3)=NC2=C(N)NC=NC21. The van der Waals surface area contributed by atoms with Gasteiger partial charge in [0.25, 0.3) is 0 Å². The molecule has 0 aliphatic carbocycles. The van der Waals surface area contributed by atoms with Crippen LogP contribution in [0.2, 0.25) is 0 Å². The van der Waals surface area contributed by atoms with Crippen molar-refractivity contribution in [2.75, 3.05) is 26.4 Å². The van der Waals surface area contributed by atoms with Crippen molar-refractivity contribution in [2.24, 2.45) is 21.1 Å². The second kappa shape index (κ2) is 8.23. The van der Waals surface area contributed by atoms with E-state index >= 15 is 0 Å². The third-order valence-electron chi connectivity index (χ3n) is 4.53. The lowest BCUT2D eigenvalue weighted by Crippen LogP contribution is -2.42. The van der Waals surface area contributed by atoms with Crippen LogP contribution in [0.25, 0.3) is 0 Å². The minimum Gasteiger partial charge on any atom is -0.454 e. The lowest BCUT2D eigenvalue weighted by atomic mass is 9.97. The van der Waals surface area contributed by atoms with E-state index in [0.717, 1.165) is 50.5 Å². The molecule has 8 nitrogen and oxygen atoms in total. The van der Waals surface area contributed by atoms with Gasteiger partial charge in [0.05, 0.1) is 6.34 Å². The molecule has 0 spiro atoms. The Morgan fingerprint density at radius 3 is 2.86 bits per heavy atom. The van der Waals surface area contributed by atoms with Gasteiger partial charge >= 0.3 is 0 Å². The maximum Gasteiger partial charge on any atom is 0.231 e. The second-order valence-corrected chi connectivity index (χ2v) is 10.3. The Morgan fingerprint density at radius 1 is 1.34 bits per heavy atom. The van der Waals surface area contributed by atoms with Gasteiger partial charge in [-0.25, -0.2) is 9.98 Å². The summed E-state index contributed by atoms with van der Waals surface area (Å²) in [5.74, 6) is 2.10. The van der Waals surface area contributed by atoms with Crippen LogP contribution in [-0.2, 0) is 0 Å². The molecule has 1 aromatic rings. The number of ether oxygens (including phenoxy) is 2. The smallest absolute Gasteiger partial charge is 0.231 e. The number of nitrogens with two attached hydrogens (primary N) is 1. The third-order valence-corrected chi connectivity index (χ3v) is 6.85. The number of hydrogen-bond donors (Lipinski definition) is 3. The highest BCUT2D eigenvalue weighted by molar-refractivity contribution is 14.1. The first-order chi connectivity index (χ1) is 13.8. The Kier molecular flexibility index (Phi) is 5.85. The van der Waals surface area contributed by atoms with Crippen LogP contribution in [0.3, 0.4) is 0 Å². The molecule has 1 aromatic carbocycles. The van der Waals surface area contributed by atoms with E-state index in [1.54, 1.807) is 18.1 Å². The van der Waals surface area contributed by atoms with Crippen molar-refractivity contribution in [3.8, 4) is 11.5 Å². The molecule has 10 heteroatoms. The standard InChI is InChI=1S/C19H25IN6O2S/c1-19(2,3)8-22-4-5-26-17-15(16(21)23-9-24-17)25-18(26)29-14-7-13-12(6-11(14)20)27-10-28-13/h6-7,9,17,22H,4-5,8,10,21H2,1-3H3,(H,23,24). The average Bonchev–Trinajstić information content (AvgIpc) is 3.23. The number of hydrogen-bond acceptors (Lipinski definition) is 9. The molecule has 1 unspecified atom stereocenters. The number of aliphatic imine (C=N–C) groups is 2. The third kappa shape index (κ3) is 4.58. The fourth-order valence-corrected chi connectivity index (χ4v) is 4.86. The zero-order valence-electron chi connectivity index (χ0n) is 16.7. The summed E-state index contributed by atoms with van der Waals surface area (Å²) in [5.41, 5.74) is 7.14. The second-order valence-electron chi connectivity index (χ2n) is 8.16. The molecule has 3 aliphatic heterocycles. The Bertz CT molecular complexity index is 895. The molecule has 0 radical (unpaired) electrons. The van der Waals surface area contributed by atoms with E-state index in [2.05, 4.69) is 63.9 Å². The number of amidine groups is 1. The Labute approximate surface area is 188 Å². The molecule has 0 aromatic heterocycles. The molecule has 0 fully saturated rings. The van der Waals surface area contributed by atoms with Crippen LogP contribution in [-0.4, -0.2) is 49.0 Å². The summed E-state index contributed by atoms with van der Waals surface area (Å²) in [6, 6.07) is 4.00. The Morgan fingerprint density at radius 2 is 2.10 bits per heavy atom. The number of rotatable bonds is 5. The molecule has 1 atom stereocenters. The zero-order chi connectivity index (χ0) is 20.6. The molecular formula is C19H25IN6O2S. The highest BCUT2D eigenvalue weighted by atomic mass is 127. The van der Waals surface area contributed by atoms with Crippen LogP contribution in [0.1, 0.15) is 20.8 Å². The van der Waals surface area contributed by atoms with E-state index in [9.17, 15) is 0 Å². The summed E-state index contributed by atoms with van der Waals surface area (Å²) in [7, 11) is 0. The summed E-state index contributed by atoms with van der Waals surface area (Å²) in [5, 5.41) is 7.37. The van der Waals surface area contributed by atoms with Gasteiger partial charge in [0.2, 0.25) is 6.79 Å². The lowest BCUT2D eigenvalue weighted by Gasteiger charge is -2.28. The van der Waals surface area contributed by atoms with E-state index in [0.29, 0.717) is 5.82 Å². The van der Waals surface area contributed by atoms with Crippen molar-refractivity contribution in [3.63, 3.8) is 0 Å². The van der Waals surface area contributed by atoms with Crippen molar-refractivity contribution in [1.29, 1.82) is 0 Å². The molecule has 0 bridgehead atoms. The van der Waals surface area contributed by atoms with Crippen LogP contribution in [0.4, 0.5) is 0 Å². The van der Waals surface area contributed by atoms with Gasteiger partial charge in [0, 0.05) is 28.1 Å². The predicted octanol–water partition coefficient (Wildman–Crippen LogP) is 2.50. The van der Waals surface area contributed by atoms with Gasteiger partial charge < -0.3 is 30.7 Å². The maximum atomic E-state index is 6.13. The summed E-state index contributed by atoms with van der Waals surface area (Å²) in [4.78, 5) is 12.6. The van der Waals surface area contributed by atoms with Crippen LogP contribution >= 0.6 is 34.4 Å². The first-order valence-electron chi connectivity index (χ1n) is 9.43. The molecule has 4 N–H and O–H groups in total. The topological polar surface area (TPSA) is 96.5 Å². The van der Waals surface area contributed by atoms with E-state index < -0.39 is 0 Å². The van der Waals surface area contributed by atoms with Crippen molar-refractivity contribution in [3.05, 3.63) is 27.2 Å². The monoisotopic (exact) mass is 528 g/mol. The van der Waals surface area contributed by atoms with Crippen LogP contribution in [0, 0.1) is 8.99 Å². The predicted molar refractivity (Wildman–Crippen MR) is 124 cm³/mol. The minimum atomic E-state index is -0.193. The number of fused-ring (bicyclic) bond motifs is 2. The van der Waals surface area contributed by atoms with Gasteiger partial charge in [-0.15, -0.1) is 0 Å². The summed E-state index contributed by atoms with van der Waals surface area (Å²) < 4.78 is 12.1. The number of benzene rings is 1. The van der Waals surface area contributed by atoms with Gasteiger partial charge in [-0.3, -0.25) is 0 Å². The molecule has 4 rings (SSSR count). The molecule has 0 amide bonds.